The second-order valence-corrected chi connectivity index (χ2v) is 7.17. The predicted octanol–water partition coefficient (Wildman–Crippen LogP) is 5.03. The number of alkyl halides is 6. The van der Waals surface area contributed by atoms with Crippen molar-refractivity contribution in [2.75, 3.05) is 11.9 Å². The largest absolute Gasteiger partial charge is 0.433 e. The Morgan fingerprint density at radius 2 is 1.66 bits per heavy atom. The molecule has 0 aliphatic rings. The average molecular weight is 495 g/mol. The van der Waals surface area contributed by atoms with E-state index in [1.54, 1.807) is 19.1 Å². The third-order valence-electron chi connectivity index (χ3n) is 4.68. The van der Waals surface area contributed by atoms with Gasteiger partial charge in [-0.25, -0.2) is 19.7 Å². The van der Waals surface area contributed by atoms with Gasteiger partial charge in [0.15, 0.2) is 11.6 Å². The lowest BCUT2D eigenvalue weighted by Gasteiger charge is -2.14. The number of nitrogens with one attached hydrogen (secondary N) is 2. The van der Waals surface area contributed by atoms with Crippen LogP contribution in [0, 0.1) is 0 Å². The Balaban J connectivity index is 1.98. The number of hydrogen-bond acceptors (Lipinski definition) is 5. The first kappa shape index (κ1) is 23.9. The zero-order valence-corrected chi connectivity index (χ0v) is 17.7. The van der Waals surface area contributed by atoms with Crippen molar-refractivity contribution in [3.05, 3.63) is 60.3 Å². The van der Waals surface area contributed by atoms with Crippen LogP contribution < -0.4 is 10.6 Å². The van der Waals surface area contributed by atoms with Gasteiger partial charge in [0.05, 0.1) is 11.9 Å². The minimum Gasteiger partial charge on any atom is -0.338 e. The topological polar surface area (TPSA) is 97.1 Å². The number of aromatic nitrogens is 5. The number of hydrogen-bond donors (Lipinski definition) is 2. The number of halogens is 6. The Morgan fingerprint density at radius 1 is 0.971 bits per heavy atom. The Morgan fingerprint density at radius 3 is 2.23 bits per heavy atom. The van der Waals surface area contributed by atoms with E-state index in [4.69, 9.17) is 0 Å². The molecule has 4 aromatic heterocycles. The van der Waals surface area contributed by atoms with Crippen LogP contribution in [-0.4, -0.2) is 36.9 Å². The van der Waals surface area contributed by atoms with Gasteiger partial charge in [0.25, 0.3) is 0 Å². The van der Waals surface area contributed by atoms with Crippen molar-refractivity contribution >= 4 is 17.5 Å². The highest BCUT2D eigenvalue weighted by atomic mass is 19.4. The molecule has 0 atom stereocenters. The van der Waals surface area contributed by atoms with Gasteiger partial charge >= 0.3 is 18.4 Å². The molecule has 4 heterocycles. The fourth-order valence-corrected chi connectivity index (χ4v) is 3.19. The van der Waals surface area contributed by atoms with Crippen LogP contribution in [0.5, 0.6) is 0 Å². The van der Waals surface area contributed by atoms with Crippen molar-refractivity contribution in [1.82, 2.24) is 29.7 Å². The molecular weight excluding hydrogens is 480 g/mol. The van der Waals surface area contributed by atoms with Gasteiger partial charge in [0.1, 0.15) is 17.0 Å². The lowest BCUT2D eigenvalue weighted by atomic mass is 10.1. The first-order valence-electron chi connectivity index (χ1n) is 9.98. The molecule has 182 valence electrons. The maximum atomic E-state index is 13.4. The summed E-state index contributed by atoms with van der Waals surface area (Å²) in [4.78, 5) is 26.8. The van der Waals surface area contributed by atoms with E-state index in [0.29, 0.717) is 17.7 Å². The molecule has 2 N–H and O–H groups in total. The summed E-state index contributed by atoms with van der Waals surface area (Å²) in [6.07, 6.45) is -6.11. The summed E-state index contributed by atoms with van der Waals surface area (Å²) in [6.45, 7) is 2.00. The molecule has 0 radical (unpaired) electrons. The van der Waals surface area contributed by atoms with Gasteiger partial charge in [-0.1, -0.05) is 6.07 Å². The highest BCUT2D eigenvalue weighted by molar-refractivity contribution is 5.88. The monoisotopic (exact) mass is 495 g/mol. The predicted molar refractivity (Wildman–Crippen MR) is 112 cm³/mol. The number of carbonyl (C=O) groups excluding carboxylic acids is 1. The Bertz CT molecular complexity index is 1350. The van der Waals surface area contributed by atoms with E-state index in [9.17, 15) is 31.1 Å². The standard InChI is InChI=1S/C21H15F6N7O/c1-2-29-19(35)33-16-10-34-13(6-12(7-17(34)32-16)11-4-3-5-28-9-11)18-30-14(20(22,23)24)8-15(31-18)21(25,26)27/h3-10H,2H2,1H3,(H2,29,33,35). The van der Waals surface area contributed by atoms with Crippen LogP contribution in [0.2, 0.25) is 0 Å². The molecule has 8 nitrogen and oxygen atoms in total. The quantitative estimate of drug-likeness (QED) is 0.387. The molecule has 0 saturated carbocycles. The molecule has 0 aliphatic heterocycles. The van der Waals surface area contributed by atoms with Crippen molar-refractivity contribution in [2.24, 2.45) is 0 Å². The van der Waals surface area contributed by atoms with Crippen molar-refractivity contribution < 1.29 is 31.1 Å². The molecule has 4 rings (SSSR count). The SMILES string of the molecule is CCNC(=O)Nc1cn2c(-c3nc(C(F)(F)F)cc(C(F)(F)F)n3)cc(-c3cccnc3)cc2n1. The van der Waals surface area contributed by atoms with Gasteiger partial charge in [0.2, 0.25) is 0 Å². The molecule has 0 aliphatic carbocycles. The molecule has 0 fully saturated rings. The zero-order chi connectivity index (χ0) is 25.4. The molecular formula is C21H15F6N7O. The summed E-state index contributed by atoms with van der Waals surface area (Å²) in [5.74, 6) is -0.826. The van der Waals surface area contributed by atoms with Gasteiger partial charge < -0.3 is 5.32 Å². The average Bonchev–Trinajstić information content (AvgIpc) is 3.19. The minimum absolute atomic E-state index is 0.00329. The summed E-state index contributed by atoms with van der Waals surface area (Å²) >= 11 is 0. The van der Waals surface area contributed by atoms with Gasteiger partial charge in [-0.2, -0.15) is 26.3 Å². The molecule has 0 unspecified atom stereocenters. The van der Waals surface area contributed by atoms with Gasteiger partial charge in [-0.15, -0.1) is 0 Å². The highest BCUT2D eigenvalue weighted by Gasteiger charge is 2.40. The Hall–Kier alpha value is -4.23. The molecule has 35 heavy (non-hydrogen) atoms. The van der Waals surface area contributed by atoms with Crippen molar-refractivity contribution in [3.8, 4) is 22.6 Å². The number of carbonyl (C=O) groups is 1. The Labute approximate surface area is 193 Å². The van der Waals surface area contributed by atoms with Crippen molar-refractivity contribution in [1.29, 1.82) is 0 Å². The summed E-state index contributed by atoms with van der Waals surface area (Å²) in [5.41, 5.74) is -2.71. The second-order valence-electron chi connectivity index (χ2n) is 7.17. The van der Waals surface area contributed by atoms with E-state index in [2.05, 4.69) is 30.6 Å². The maximum absolute atomic E-state index is 13.4. The van der Waals surface area contributed by atoms with Crippen LogP contribution in [0.15, 0.2) is 48.9 Å². The summed E-state index contributed by atoms with van der Waals surface area (Å²) < 4.78 is 81.5. The van der Waals surface area contributed by atoms with Crippen LogP contribution in [0.25, 0.3) is 28.3 Å². The van der Waals surface area contributed by atoms with E-state index >= 15 is 0 Å². The minimum atomic E-state index is -5.16. The van der Waals surface area contributed by atoms with Gasteiger partial charge in [0, 0.05) is 24.5 Å². The van der Waals surface area contributed by atoms with Crippen LogP contribution in [0.4, 0.5) is 37.0 Å². The first-order chi connectivity index (χ1) is 16.5. The number of rotatable bonds is 4. The molecule has 2 amide bonds. The Kier molecular flexibility index (Phi) is 6.05. The third-order valence-corrected chi connectivity index (χ3v) is 4.68. The number of nitrogens with zero attached hydrogens (tertiary/aromatic N) is 5. The normalized spacial score (nSPS) is 12.1. The molecule has 0 spiro atoms. The lowest BCUT2D eigenvalue weighted by Crippen LogP contribution is -2.28. The fraction of sp³-hybridized carbons (Fsp3) is 0.190. The molecule has 0 aromatic carbocycles. The lowest BCUT2D eigenvalue weighted by molar-refractivity contribution is -0.147. The van der Waals surface area contributed by atoms with Gasteiger partial charge in [-0.05, 0) is 36.8 Å². The molecule has 0 saturated heterocycles. The molecule has 14 heteroatoms. The maximum Gasteiger partial charge on any atom is 0.433 e. The highest BCUT2D eigenvalue weighted by Crippen LogP contribution is 2.36. The van der Waals surface area contributed by atoms with E-state index < -0.39 is 35.6 Å². The van der Waals surface area contributed by atoms with E-state index in [1.165, 1.54) is 35.1 Å². The number of imidazole rings is 1. The number of pyridine rings is 2. The van der Waals surface area contributed by atoms with Crippen molar-refractivity contribution in [3.63, 3.8) is 0 Å². The number of anilines is 1. The summed E-state index contributed by atoms with van der Waals surface area (Å²) in [6, 6.07) is 5.35. The van der Waals surface area contributed by atoms with E-state index in [0.717, 1.165) is 0 Å². The zero-order valence-electron chi connectivity index (χ0n) is 17.7. The van der Waals surface area contributed by atoms with Crippen LogP contribution >= 0.6 is 0 Å². The number of urea groups is 1. The van der Waals surface area contributed by atoms with Crippen LogP contribution in [0.1, 0.15) is 18.3 Å². The van der Waals surface area contributed by atoms with Gasteiger partial charge in [-0.3, -0.25) is 14.7 Å². The summed E-state index contributed by atoms with van der Waals surface area (Å²) in [7, 11) is 0. The van der Waals surface area contributed by atoms with E-state index in [-0.39, 0.29) is 23.2 Å². The molecule has 0 bridgehead atoms. The smallest absolute Gasteiger partial charge is 0.338 e. The molecule has 4 aromatic rings. The van der Waals surface area contributed by atoms with E-state index in [1.807, 2.05) is 0 Å². The number of fused-ring (bicyclic) bond motifs is 1. The summed E-state index contributed by atoms with van der Waals surface area (Å²) in [5, 5.41) is 4.93. The number of amides is 2. The van der Waals surface area contributed by atoms with Crippen LogP contribution in [0.3, 0.4) is 0 Å². The fourth-order valence-electron chi connectivity index (χ4n) is 3.19. The van der Waals surface area contributed by atoms with Crippen molar-refractivity contribution in [2.45, 2.75) is 19.3 Å². The van der Waals surface area contributed by atoms with Crippen LogP contribution in [-0.2, 0) is 12.4 Å². The second kappa shape index (κ2) is 8.85. The first-order valence-corrected chi connectivity index (χ1v) is 9.98. The third kappa shape index (κ3) is 5.15.